The molecule has 0 bridgehead atoms. The van der Waals surface area contributed by atoms with Crippen molar-refractivity contribution in [2.24, 2.45) is 0 Å². The number of halogens is 3. The Morgan fingerprint density at radius 2 is 1.85 bits per heavy atom. The molecule has 1 N–H and O–H groups in total. The Morgan fingerprint density at radius 1 is 1.10 bits per heavy atom. The molecule has 0 unspecified atom stereocenters. The quantitative estimate of drug-likeness (QED) is 0.778. The molecule has 2 rings (SSSR count). The van der Waals surface area contributed by atoms with Crippen LogP contribution in [0.1, 0.15) is 12.6 Å². The van der Waals surface area contributed by atoms with Gasteiger partial charge in [0.05, 0.1) is 20.8 Å². The van der Waals surface area contributed by atoms with Crippen LogP contribution in [0.2, 0.25) is 15.1 Å². The standard InChI is InChI=1S/C14H13Cl3N2O/c1-2-18-14-5-3-4-9(19-14)8-20-13-7-11(16)10(15)6-12(13)17/h3-7H,2,8H2,1H3,(H,18,19). The third-order valence-electron chi connectivity index (χ3n) is 2.52. The van der Waals surface area contributed by atoms with Crippen LogP contribution in [0.4, 0.5) is 5.82 Å². The van der Waals surface area contributed by atoms with Gasteiger partial charge < -0.3 is 10.1 Å². The molecular weight excluding hydrogens is 319 g/mol. The maximum absolute atomic E-state index is 6.05. The van der Waals surface area contributed by atoms with Gasteiger partial charge in [0, 0.05) is 12.6 Å². The van der Waals surface area contributed by atoms with E-state index >= 15 is 0 Å². The molecule has 20 heavy (non-hydrogen) atoms. The molecular formula is C14H13Cl3N2O. The van der Waals surface area contributed by atoms with E-state index in [1.54, 1.807) is 12.1 Å². The second-order valence-corrected chi connectivity index (χ2v) is 5.25. The van der Waals surface area contributed by atoms with Gasteiger partial charge in [-0.15, -0.1) is 0 Å². The molecule has 2 aromatic rings. The van der Waals surface area contributed by atoms with E-state index in [1.165, 1.54) is 0 Å². The van der Waals surface area contributed by atoms with Gasteiger partial charge >= 0.3 is 0 Å². The second-order valence-electron chi connectivity index (χ2n) is 4.03. The van der Waals surface area contributed by atoms with Gasteiger partial charge in [-0.25, -0.2) is 4.98 Å². The maximum atomic E-state index is 6.05. The van der Waals surface area contributed by atoms with Gasteiger partial charge in [-0.3, -0.25) is 0 Å². The van der Waals surface area contributed by atoms with Gasteiger partial charge in [-0.2, -0.15) is 0 Å². The largest absolute Gasteiger partial charge is 0.486 e. The van der Waals surface area contributed by atoms with E-state index in [4.69, 9.17) is 39.5 Å². The summed E-state index contributed by atoms with van der Waals surface area (Å²) >= 11 is 17.9. The third-order valence-corrected chi connectivity index (χ3v) is 3.53. The minimum atomic E-state index is 0.302. The lowest BCUT2D eigenvalue weighted by molar-refractivity contribution is 0.302. The first kappa shape index (κ1) is 15.2. The van der Waals surface area contributed by atoms with Crippen LogP contribution in [0, 0.1) is 0 Å². The van der Waals surface area contributed by atoms with Crippen LogP contribution in [0.5, 0.6) is 5.75 Å². The van der Waals surface area contributed by atoms with Gasteiger partial charge in [-0.1, -0.05) is 40.9 Å². The van der Waals surface area contributed by atoms with Crippen LogP contribution in [0.15, 0.2) is 30.3 Å². The van der Waals surface area contributed by atoms with Crippen LogP contribution < -0.4 is 10.1 Å². The van der Waals surface area contributed by atoms with Gasteiger partial charge in [0.15, 0.2) is 0 Å². The van der Waals surface area contributed by atoms with E-state index in [0.717, 1.165) is 18.1 Å². The van der Waals surface area contributed by atoms with Crippen LogP contribution in [0.25, 0.3) is 0 Å². The number of aromatic nitrogens is 1. The zero-order chi connectivity index (χ0) is 14.5. The summed E-state index contributed by atoms with van der Waals surface area (Å²) < 4.78 is 5.63. The molecule has 0 saturated carbocycles. The van der Waals surface area contributed by atoms with E-state index < -0.39 is 0 Å². The number of anilines is 1. The van der Waals surface area contributed by atoms with Crippen molar-refractivity contribution in [1.82, 2.24) is 4.98 Å². The van der Waals surface area contributed by atoms with Crippen molar-refractivity contribution >= 4 is 40.6 Å². The highest BCUT2D eigenvalue weighted by Gasteiger charge is 2.08. The normalized spacial score (nSPS) is 10.4. The molecule has 1 aromatic carbocycles. The highest BCUT2D eigenvalue weighted by molar-refractivity contribution is 6.43. The van der Waals surface area contributed by atoms with Gasteiger partial charge in [-0.05, 0) is 25.1 Å². The second kappa shape index (κ2) is 7.02. The van der Waals surface area contributed by atoms with Gasteiger partial charge in [0.1, 0.15) is 18.2 Å². The summed E-state index contributed by atoms with van der Waals surface area (Å²) in [4.78, 5) is 4.41. The fourth-order valence-electron chi connectivity index (χ4n) is 1.61. The summed E-state index contributed by atoms with van der Waals surface area (Å²) in [7, 11) is 0. The number of rotatable bonds is 5. The van der Waals surface area contributed by atoms with Crippen LogP contribution in [0.3, 0.4) is 0 Å². The molecule has 0 saturated heterocycles. The fraction of sp³-hybridized carbons (Fsp3) is 0.214. The smallest absolute Gasteiger partial charge is 0.140 e. The van der Waals surface area contributed by atoms with Gasteiger partial charge in [0.2, 0.25) is 0 Å². The molecule has 0 aliphatic carbocycles. The summed E-state index contributed by atoms with van der Waals surface area (Å²) in [5.74, 6) is 1.30. The molecule has 0 aliphatic heterocycles. The molecule has 0 fully saturated rings. The Labute approximate surface area is 132 Å². The predicted octanol–water partition coefficient (Wildman–Crippen LogP) is 5.05. The average molecular weight is 332 g/mol. The first-order valence-electron chi connectivity index (χ1n) is 6.07. The summed E-state index contributed by atoms with van der Waals surface area (Å²) in [5, 5.41) is 4.36. The van der Waals surface area contributed by atoms with E-state index in [1.807, 2.05) is 25.1 Å². The summed E-state index contributed by atoms with van der Waals surface area (Å²) in [6.07, 6.45) is 0. The zero-order valence-electron chi connectivity index (χ0n) is 10.8. The summed E-state index contributed by atoms with van der Waals surface area (Å²) in [6.45, 7) is 3.13. The van der Waals surface area contributed by atoms with Crippen molar-refractivity contribution in [1.29, 1.82) is 0 Å². The molecule has 0 atom stereocenters. The lowest BCUT2D eigenvalue weighted by Gasteiger charge is -2.10. The maximum Gasteiger partial charge on any atom is 0.140 e. The van der Waals surface area contributed by atoms with Crippen molar-refractivity contribution in [3.8, 4) is 5.75 Å². The van der Waals surface area contributed by atoms with Crippen LogP contribution in [-0.2, 0) is 6.61 Å². The Morgan fingerprint density at radius 3 is 2.60 bits per heavy atom. The van der Waals surface area contributed by atoms with E-state index in [-0.39, 0.29) is 0 Å². The molecule has 1 aromatic heterocycles. The lowest BCUT2D eigenvalue weighted by atomic mass is 10.3. The molecule has 0 radical (unpaired) electrons. The topological polar surface area (TPSA) is 34.1 Å². The Balaban J connectivity index is 2.08. The molecule has 0 aliphatic rings. The van der Waals surface area contributed by atoms with Crippen molar-refractivity contribution in [3.05, 3.63) is 51.1 Å². The van der Waals surface area contributed by atoms with E-state index in [0.29, 0.717) is 27.4 Å². The predicted molar refractivity (Wildman–Crippen MR) is 84.2 cm³/mol. The van der Waals surface area contributed by atoms with Crippen LogP contribution >= 0.6 is 34.8 Å². The SMILES string of the molecule is CCNc1cccc(COc2cc(Cl)c(Cl)cc2Cl)n1. The molecule has 6 heteroatoms. The number of nitrogens with zero attached hydrogens (tertiary/aromatic N) is 1. The number of hydrogen-bond donors (Lipinski definition) is 1. The highest BCUT2D eigenvalue weighted by Crippen LogP contribution is 2.34. The third kappa shape index (κ3) is 3.92. The number of hydrogen-bond acceptors (Lipinski definition) is 3. The van der Waals surface area contributed by atoms with Gasteiger partial charge in [0.25, 0.3) is 0 Å². The number of ether oxygens (including phenoxy) is 1. The zero-order valence-corrected chi connectivity index (χ0v) is 13.1. The summed E-state index contributed by atoms with van der Waals surface area (Å²) in [5.41, 5.74) is 0.797. The minimum Gasteiger partial charge on any atom is -0.486 e. The fourth-order valence-corrected chi connectivity index (χ4v) is 2.20. The highest BCUT2D eigenvalue weighted by atomic mass is 35.5. The van der Waals surface area contributed by atoms with E-state index in [2.05, 4.69) is 10.3 Å². The van der Waals surface area contributed by atoms with Crippen LogP contribution in [-0.4, -0.2) is 11.5 Å². The average Bonchev–Trinajstić information content (AvgIpc) is 2.42. The monoisotopic (exact) mass is 330 g/mol. The summed E-state index contributed by atoms with van der Waals surface area (Å²) in [6, 6.07) is 8.86. The molecule has 3 nitrogen and oxygen atoms in total. The lowest BCUT2D eigenvalue weighted by Crippen LogP contribution is -2.03. The Hall–Kier alpha value is -1.16. The first-order valence-corrected chi connectivity index (χ1v) is 7.20. The van der Waals surface area contributed by atoms with Crippen molar-refractivity contribution in [2.45, 2.75) is 13.5 Å². The number of pyridine rings is 1. The molecule has 0 amide bonds. The molecule has 0 spiro atoms. The minimum absolute atomic E-state index is 0.302. The Kier molecular flexibility index (Phi) is 5.35. The van der Waals surface area contributed by atoms with Crippen molar-refractivity contribution in [3.63, 3.8) is 0 Å². The van der Waals surface area contributed by atoms with Crippen molar-refractivity contribution in [2.75, 3.05) is 11.9 Å². The number of benzene rings is 1. The number of nitrogens with one attached hydrogen (secondary N) is 1. The van der Waals surface area contributed by atoms with Crippen molar-refractivity contribution < 1.29 is 4.74 Å². The Bertz CT molecular complexity index is 605. The molecule has 1 heterocycles. The first-order chi connectivity index (χ1) is 9.60. The van der Waals surface area contributed by atoms with E-state index in [9.17, 15) is 0 Å². The molecule has 106 valence electrons.